The monoisotopic (exact) mass is 436 g/mol. The van der Waals surface area contributed by atoms with E-state index in [9.17, 15) is 19.5 Å². The van der Waals surface area contributed by atoms with E-state index in [1.54, 1.807) is 6.33 Å². The van der Waals surface area contributed by atoms with Crippen LogP contribution in [-0.2, 0) is 16.1 Å². The zero-order chi connectivity index (χ0) is 22.6. The van der Waals surface area contributed by atoms with E-state index in [4.69, 9.17) is 16.2 Å². The van der Waals surface area contributed by atoms with Crippen molar-refractivity contribution in [1.29, 1.82) is 0 Å². The molecule has 1 amide bonds. The van der Waals surface area contributed by atoms with Gasteiger partial charge >= 0.3 is 12.1 Å². The van der Waals surface area contributed by atoms with E-state index in [1.807, 2.05) is 4.57 Å². The Morgan fingerprint density at radius 3 is 2.74 bits per heavy atom. The van der Waals surface area contributed by atoms with Crippen LogP contribution in [0.4, 0.5) is 4.79 Å². The van der Waals surface area contributed by atoms with Crippen molar-refractivity contribution < 1.29 is 19.4 Å². The number of guanidine groups is 1. The lowest BCUT2D eigenvalue weighted by molar-refractivity contribution is -0.139. The Labute approximate surface area is 177 Å². The van der Waals surface area contributed by atoms with Crippen LogP contribution in [0.1, 0.15) is 38.5 Å². The Morgan fingerprint density at radius 1 is 1.23 bits per heavy atom. The van der Waals surface area contributed by atoms with Gasteiger partial charge in [0.15, 0.2) is 17.1 Å². The number of rotatable bonds is 13. The summed E-state index contributed by atoms with van der Waals surface area (Å²) in [6.45, 7) is 1.15. The minimum atomic E-state index is -1.15. The number of aromatic nitrogens is 4. The number of alkyl carbamates (subject to hydrolysis) is 1. The molecule has 0 aliphatic carbocycles. The van der Waals surface area contributed by atoms with Crippen molar-refractivity contribution in [2.45, 2.75) is 51.1 Å². The van der Waals surface area contributed by atoms with Crippen molar-refractivity contribution in [3.8, 4) is 0 Å². The van der Waals surface area contributed by atoms with Gasteiger partial charge in [0.05, 0.1) is 19.3 Å². The van der Waals surface area contributed by atoms with Crippen molar-refractivity contribution >= 4 is 29.2 Å². The zero-order valence-corrected chi connectivity index (χ0v) is 17.1. The van der Waals surface area contributed by atoms with E-state index in [0.717, 1.165) is 19.3 Å². The van der Waals surface area contributed by atoms with Crippen LogP contribution in [0.15, 0.2) is 22.4 Å². The highest BCUT2D eigenvalue weighted by Gasteiger charge is 2.20. The Bertz CT molecular complexity index is 950. The lowest BCUT2D eigenvalue weighted by Crippen LogP contribution is -2.41. The number of aliphatic imine (C=N–C) groups is 1. The molecule has 0 bridgehead atoms. The molecule has 1 atom stereocenters. The fourth-order valence-corrected chi connectivity index (χ4v) is 2.90. The van der Waals surface area contributed by atoms with E-state index in [2.05, 4.69) is 25.3 Å². The Kier molecular flexibility index (Phi) is 9.26. The molecule has 170 valence electrons. The minimum Gasteiger partial charge on any atom is -0.480 e. The zero-order valence-electron chi connectivity index (χ0n) is 17.1. The molecule has 2 heterocycles. The van der Waals surface area contributed by atoms with Gasteiger partial charge in [-0.1, -0.05) is 6.42 Å². The molecule has 0 saturated carbocycles. The summed E-state index contributed by atoms with van der Waals surface area (Å²) in [5.41, 5.74) is 11.0. The minimum absolute atomic E-state index is 0.0652. The smallest absolute Gasteiger partial charge is 0.407 e. The molecule has 0 fully saturated rings. The first-order chi connectivity index (χ1) is 14.9. The quantitative estimate of drug-likeness (QED) is 0.161. The number of aryl methyl sites for hydroxylation is 1. The van der Waals surface area contributed by atoms with Gasteiger partial charge in [-0.2, -0.15) is 0 Å². The largest absolute Gasteiger partial charge is 0.480 e. The first kappa shape index (κ1) is 23.6. The highest BCUT2D eigenvalue weighted by molar-refractivity contribution is 5.79. The molecule has 0 spiro atoms. The van der Waals surface area contributed by atoms with Gasteiger partial charge in [0.25, 0.3) is 5.56 Å². The lowest BCUT2D eigenvalue weighted by Gasteiger charge is -2.14. The van der Waals surface area contributed by atoms with Gasteiger partial charge in [-0.25, -0.2) is 19.6 Å². The van der Waals surface area contributed by atoms with Gasteiger partial charge in [-0.15, -0.1) is 0 Å². The second-order valence-electron chi connectivity index (χ2n) is 6.88. The van der Waals surface area contributed by atoms with Gasteiger partial charge in [-0.3, -0.25) is 9.79 Å². The van der Waals surface area contributed by atoms with Crippen LogP contribution in [0, 0.1) is 0 Å². The number of carbonyl (C=O) groups excluding carboxylic acids is 1. The number of ether oxygens (including phenoxy) is 1. The number of H-pyrrole nitrogens is 1. The molecule has 13 heteroatoms. The SMILES string of the molecule is NC(N)=NCCC[C@H](NC(=O)OCCCCCCn1cnc2c(=O)[nH]cnc21)C(=O)O. The maximum absolute atomic E-state index is 11.8. The van der Waals surface area contributed by atoms with E-state index < -0.39 is 18.1 Å². The number of imidazole rings is 1. The number of aliphatic carboxylic acids is 1. The standard InChI is InChI=1S/C18H28N8O5/c19-17(20)21-7-5-6-12(16(28)29)25-18(30)31-9-4-2-1-3-8-26-11-24-13-14(26)22-10-23-15(13)27/h10-12H,1-9H2,(H,25,30)(H,28,29)(H4,19,20,21)(H,22,23,27)/t12-/m0/s1. The number of aromatic amines is 1. The van der Waals surface area contributed by atoms with E-state index >= 15 is 0 Å². The summed E-state index contributed by atoms with van der Waals surface area (Å²) in [6, 6.07) is -1.06. The molecule has 0 aliphatic heterocycles. The number of nitrogens with zero attached hydrogens (tertiary/aromatic N) is 4. The predicted octanol–water partition coefficient (Wildman–Crippen LogP) is -0.0870. The number of hydrogen-bond donors (Lipinski definition) is 5. The van der Waals surface area contributed by atoms with E-state index in [0.29, 0.717) is 30.6 Å². The number of carboxylic acid groups (broad SMARTS) is 1. The summed E-state index contributed by atoms with van der Waals surface area (Å²) in [4.78, 5) is 49.1. The second-order valence-corrected chi connectivity index (χ2v) is 6.88. The summed E-state index contributed by atoms with van der Waals surface area (Å²) in [5, 5.41) is 11.5. The number of carbonyl (C=O) groups is 2. The molecule has 2 rings (SSSR count). The molecule has 2 aromatic rings. The molecule has 0 saturated heterocycles. The number of hydrogen-bond acceptors (Lipinski definition) is 7. The van der Waals surface area contributed by atoms with Crippen LogP contribution in [0.25, 0.3) is 11.2 Å². The molecular weight excluding hydrogens is 408 g/mol. The van der Waals surface area contributed by atoms with Crippen molar-refractivity contribution in [1.82, 2.24) is 24.8 Å². The molecule has 0 radical (unpaired) electrons. The molecule has 2 aromatic heterocycles. The normalized spacial score (nSPS) is 11.7. The summed E-state index contributed by atoms with van der Waals surface area (Å²) in [5.74, 6) is -1.21. The predicted molar refractivity (Wildman–Crippen MR) is 112 cm³/mol. The van der Waals surface area contributed by atoms with E-state index in [1.165, 1.54) is 6.33 Å². The number of nitrogens with one attached hydrogen (secondary N) is 2. The summed E-state index contributed by atoms with van der Waals surface area (Å²) >= 11 is 0. The Hall–Kier alpha value is -3.64. The average Bonchev–Trinajstić information content (AvgIpc) is 3.13. The van der Waals surface area contributed by atoms with E-state index in [-0.39, 0.29) is 31.1 Å². The topological polar surface area (TPSA) is 204 Å². The molecular formula is C18H28N8O5. The Morgan fingerprint density at radius 2 is 2.00 bits per heavy atom. The van der Waals surface area contributed by atoms with Crippen LogP contribution >= 0.6 is 0 Å². The third kappa shape index (κ3) is 7.95. The van der Waals surface area contributed by atoms with Gasteiger partial charge in [0, 0.05) is 13.1 Å². The van der Waals surface area contributed by atoms with Crippen molar-refractivity contribution in [3.63, 3.8) is 0 Å². The molecule has 13 nitrogen and oxygen atoms in total. The number of carboxylic acids is 1. The molecule has 7 N–H and O–H groups in total. The molecule has 0 unspecified atom stereocenters. The first-order valence-electron chi connectivity index (χ1n) is 9.98. The number of unbranched alkanes of at least 4 members (excludes halogenated alkanes) is 3. The maximum Gasteiger partial charge on any atom is 0.407 e. The maximum atomic E-state index is 11.8. The second kappa shape index (κ2) is 12.1. The van der Waals surface area contributed by atoms with Crippen molar-refractivity contribution in [3.05, 3.63) is 23.0 Å². The van der Waals surface area contributed by atoms with Gasteiger partial charge in [0.2, 0.25) is 0 Å². The summed E-state index contributed by atoms with van der Waals surface area (Å²) in [7, 11) is 0. The number of nitrogens with two attached hydrogens (primary N) is 2. The van der Waals surface area contributed by atoms with Crippen LogP contribution < -0.4 is 22.3 Å². The van der Waals surface area contributed by atoms with Crippen molar-refractivity contribution in [2.75, 3.05) is 13.2 Å². The van der Waals surface area contributed by atoms with Gasteiger partial charge in [0.1, 0.15) is 6.04 Å². The van der Waals surface area contributed by atoms with Crippen LogP contribution in [0.5, 0.6) is 0 Å². The molecule has 31 heavy (non-hydrogen) atoms. The van der Waals surface area contributed by atoms with Crippen LogP contribution in [-0.4, -0.2) is 61.8 Å². The summed E-state index contributed by atoms with van der Waals surface area (Å²) < 4.78 is 6.87. The molecule has 0 aliphatic rings. The lowest BCUT2D eigenvalue weighted by atomic mass is 10.1. The van der Waals surface area contributed by atoms with Gasteiger partial charge in [-0.05, 0) is 32.1 Å². The first-order valence-corrected chi connectivity index (χ1v) is 9.98. The highest BCUT2D eigenvalue weighted by Crippen LogP contribution is 2.08. The fourth-order valence-electron chi connectivity index (χ4n) is 2.90. The fraction of sp³-hybridized carbons (Fsp3) is 0.556. The van der Waals surface area contributed by atoms with Crippen LogP contribution in [0.2, 0.25) is 0 Å². The summed E-state index contributed by atoms with van der Waals surface area (Å²) in [6.07, 6.45) is 5.99. The van der Waals surface area contributed by atoms with Gasteiger partial charge < -0.3 is 36.2 Å². The third-order valence-electron chi connectivity index (χ3n) is 4.47. The number of fused-ring (bicyclic) bond motifs is 1. The van der Waals surface area contributed by atoms with Crippen LogP contribution in [0.3, 0.4) is 0 Å². The Balaban J connectivity index is 1.59. The third-order valence-corrected chi connectivity index (χ3v) is 4.47. The average molecular weight is 436 g/mol. The molecule has 0 aromatic carbocycles. The van der Waals surface area contributed by atoms with Crippen molar-refractivity contribution in [2.24, 2.45) is 16.5 Å². The number of amides is 1. The highest BCUT2D eigenvalue weighted by atomic mass is 16.5.